The van der Waals surface area contributed by atoms with E-state index in [1.54, 1.807) is 11.1 Å². The quantitative estimate of drug-likeness (QED) is 0.480. The fourth-order valence-corrected chi connectivity index (χ4v) is 6.28. The zero-order valence-corrected chi connectivity index (χ0v) is 21.8. The number of morpholine rings is 1. The molecule has 3 saturated heterocycles. The molecule has 1 aliphatic carbocycles. The van der Waals surface area contributed by atoms with Crippen molar-refractivity contribution in [3.8, 4) is 11.3 Å². The van der Waals surface area contributed by atoms with Crippen LogP contribution < -0.4 is 10.7 Å². The molecular formula is C27H35N7O4. The fraction of sp³-hybridized carbons (Fsp3) is 0.556. The highest BCUT2D eigenvalue weighted by Gasteiger charge is 2.38. The van der Waals surface area contributed by atoms with Gasteiger partial charge in [0.2, 0.25) is 5.91 Å². The Kier molecular flexibility index (Phi) is 6.89. The number of ketones is 1. The Balaban J connectivity index is 1.14. The number of amides is 3. The summed E-state index contributed by atoms with van der Waals surface area (Å²) >= 11 is 0. The molecule has 11 heteroatoms. The number of hydrogen-bond acceptors (Lipinski definition) is 7. The highest BCUT2D eigenvalue weighted by atomic mass is 16.5. The zero-order chi connectivity index (χ0) is 26.2. The number of hydrazine groups is 1. The number of urea groups is 1. The van der Waals surface area contributed by atoms with Gasteiger partial charge in [-0.05, 0) is 45.3 Å². The number of rotatable bonds is 4. The predicted octanol–water partition coefficient (Wildman–Crippen LogP) is 2.04. The molecule has 4 aliphatic rings. The lowest BCUT2D eigenvalue weighted by Crippen LogP contribution is -2.49. The summed E-state index contributed by atoms with van der Waals surface area (Å²) in [4.78, 5) is 43.7. The number of aromatic nitrogens is 2. The van der Waals surface area contributed by atoms with Gasteiger partial charge in [-0.3, -0.25) is 20.1 Å². The van der Waals surface area contributed by atoms with Crippen molar-refractivity contribution >= 4 is 23.4 Å². The van der Waals surface area contributed by atoms with Gasteiger partial charge in [-0.1, -0.05) is 12.1 Å². The van der Waals surface area contributed by atoms with Crippen LogP contribution in [-0.2, 0) is 9.53 Å². The number of benzene rings is 1. The second kappa shape index (κ2) is 10.5. The topological polar surface area (TPSA) is 123 Å². The average Bonchev–Trinajstić information content (AvgIpc) is 3.49. The molecule has 11 nitrogen and oxygen atoms in total. The third kappa shape index (κ3) is 4.70. The van der Waals surface area contributed by atoms with Crippen LogP contribution in [0.4, 0.5) is 10.5 Å². The summed E-state index contributed by atoms with van der Waals surface area (Å²) in [6, 6.07) is 5.08. The SMILES string of the molecule is CN1CCCC(C(=O)N2CCC(c3n[nH]c4c3C(=O)c3c(NC(=O)NN5CCOCC5)cccc3-4)CC2)C1. The number of nitrogens with one attached hydrogen (secondary N) is 3. The molecule has 0 saturated carbocycles. The number of fused-ring (bicyclic) bond motifs is 3. The van der Waals surface area contributed by atoms with E-state index in [1.807, 2.05) is 17.0 Å². The third-order valence-corrected chi connectivity index (χ3v) is 8.27. The lowest BCUT2D eigenvalue weighted by atomic mass is 9.89. The van der Waals surface area contributed by atoms with E-state index in [-0.39, 0.29) is 29.6 Å². The zero-order valence-electron chi connectivity index (χ0n) is 21.8. The van der Waals surface area contributed by atoms with E-state index in [9.17, 15) is 14.4 Å². The molecule has 0 spiro atoms. The van der Waals surface area contributed by atoms with Crippen LogP contribution in [-0.4, -0.2) is 102 Å². The number of piperidine rings is 2. The number of likely N-dealkylation sites (tertiary alicyclic amines) is 2. The summed E-state index contributed by atoms with van der Waals surface area (Å²) < 4.78 is 5.32. The lowest BCUT2D eigenvalue weighted by Gasteiger charge is -2.36. The summed E-state index contributed by atoms with van der Waals surface area (Å²) in [6.07, 6.45) is 3.59. The van der Waals surface area contributed by atoms with Crippen molar-refractivity contribution in [2.75, 3.05) is 64.8 Å². The van der Waals surface area contributed by atoms with Crippen molar-refractivity contribution in [1.82, 2.24) is 30.4 Å². The molecule has 3 fully saturated rings. The molecule has 1 atom stereocenters. The van der Waals surface area contributed by atoms with Crippen LogP contribution in [0.1, 0.15) is 53.2 Å². The molecule has 1 aromatic heterocycles. The Labute approximate surface area is 221 Å². The molecule has 0 bridgehead atoms. The van der Waals surface area contributed by atoms with Gasteiger partial charge in [0.15, 0.2) is 5.78 Å². The van der Waals surface area contributed by atoms with Crippen LogP contribution >= 0.6 is 0 Å². The second-order valence-corrected chi connectivity index (χ2v) is 10.8. The van der Waals surface area contributed by atoms with Crippen molar-refractivity contribution in [3.05, 3.63) is 35.0 Å². The number of hydrogen-bond donors (Lipinski definition) is 3. The Morgan fingerprint density at radius 1 is 1.05 bits per heavy atom. The smallest absolute Gasteiger partial charge is 0.333 e. The number of carbonyl (C=O) groups is 3. The molecule has 0 radical (unpaired) electrons. The maximum atomic E-state index is 13.7. The van der Waals surface area contributed by atoms with E-state index in [0.29, 0.717) is 61.9 Å². The van der Waals surface area contributed by atoms with Crippen LogP contribution in [0.3, 0.4) is 0 Å². The molecule has 1 aromatic carbocycles. The minimum Gasteiger partial charge on any atom is -0.379 e. The number of carbonyl (C=O) groups excluding carboxylic acids is 3. The molecule has 1 unspecified atom stereocenters. The van der Waals surface area contributed by atoms with E-state index in [1.165, 1.54) is 0 Å². The Hall–Kier alpha value is -3.28. The summed E-state index contributed by atoms with van der Waals surface area (Å²) in [7, 11) is 2.08. The van der Waals surface area contributed by atoms with Crippen LogP contribution in [0, 0.1) is 5.92 Å². The van der Waals surface area contributed by atoms with Gasteiger partial charge in [0, 0.05) is 44.2 Å². The monoisotopic (exact) mass is 521 g/mol. The molecule has 3 N–H and O–H groups in total. The summed E-state index contributed by atoms with van der Waals surface area (Å²) in [5.74, 6) is 0.330. The largest absolute Gasteiger partial charge is 0.379 e. The van der Waals surface area contributed by atoms with Gasteiger partial charge in [-0.15, -0.1) is 0 Å². The minimum absolute atomic E-state index is 0.0855. The summed E-state index contributed by atoms with van der Waals surface area (Å²) in [6.45, 7) is 5.61. The minimum atomic E-state index is -0.386. The van der Waals surface area contributed by atoms with Crippen LogP contribution in [0.25, 0.3) is 11.3 Å². The Morgan fingerprint density at radius 3 is 2.61 bits per heavy atom. The maximum absolute atomic E-state index is 13.7. The van der Waals surface area contributed by atoms with Crippen LogP contribution in [0.5, 0.6) is 0 Å². The standard InChI is InChI=1S/C27H35N7O4/c1-32-9-3-4-18(16-32)26(36)33-10-7-17(8-11-33)23-22-24(30-29-23)19-5-2-6-20(21(19)25(22)35)28-27(37)31-34-12-14-38-15-13-34/h2,5-6,17-18H,3-4,7-16H2,1H3,(H,29,30)(H2,28,31,37). The van der Waals surface area contributed by atoms with Crippen molar-refractivity contribution < 1.29 is 19.1 Å². The molecule has 202 valence electrons. The van der Waals surface area contributed by atoms with E-state index < -0.39 is 0 Å². The van der Waals surface area contributed by atoms with Gasteiger partial charge >= 0.3 is 6.03 Å². The van der Waals surface area contributed by atoms with Crippen molar-refractivity contribution in [3.63, 3.8) is 0 Å². The highest BCUT2D eigenvalue weighted by molar-refractivity contribution is 6.25. The first-order valence-electron chi connectivity index (χ1n) is 13.6. The van der Waals surface area contributed by atoms with Crippen LogP contribution in [0.15, 0.2) is 18.2 Å². The van der Waals surface area contributed by atoms with Gasteiger partial charge in [-0.25, -0.2) is 9.80 Å². The van der Waals surface area contributed by atoms with Gasteiger partial charge in [0.25, 0.3) is 0 Å². The highest BCUT2D eigenvalue weighted by Crippen LogP contribution is 2.43. The first-order chi connectivity index (χ1) is 18.5. The second-order valence-electron chi connectivity index (χ2n) is 10.8. The molecule has 38 heavy (non-hydrogen) atoms. The molecule has 3 aliphatic heterocycles. The van der Waals surface area contributed by atoms with E-state index in [4.69, 9.17) is 4.74 Å². The molecule has 2 aromatic rings. The lowest BCUT2D eigenvalue weighted by molar-refractivity contribution is -0.138. The fourth-order valence-electron chi connectivity index (χ4n) is 6.28. The Morgan fingerprint density at radius 2 is 1.84 bits per heavy atom. The normalized spacial score (nSPS) is 22.7. The molecule has 6 rings (SSSR count). The number of anilines is 1. The van der Waals surface area contributed by atoms with Crippen molar-refractivity contribution in [2.24, 2.45) is 5.92 Å². The van der Waals surface area contributed by atoms with Crippen LogP contribution in [0.2, 0.25) is 0 Å². The van der Waals surface area contributed by atoms with Gasteiger partial charge in [0.1, 0.15) is 0 Å². The first kappa shape index (κ1) is 25.0. The molecule has 3 amide bonds. The average molecular weight is 522 g/mol. The summed E-state index contributed by atoms with van der Waals surface area (Å²) in [5, 5.41) is 12.3. The molecule has 4 heterocycles. The van der Waals surface area contributed by atoms with Crippen molar-refractivity contribution in [1.29, 1.82) is 0 Å². The Bertz CT molecular complexity index is 1230. The van der Waals surface area contributed by atoms with E-state index >= 15 is 0 Å². The van der Waals surface area contributed by atoms with Gasteiger partial charge in [-0.2, -0.15) is 5.10 Å². The molecular weight excluding hydrogens is 486 g/mol. The summed E-state index contributed by atoms with van der Waals surface area (Å²) in [5.41, 5.74) is 6.63. The maximum Gasteiger partial charge on any atom is 0.333 e. The number of H-pyrrole nitrogens is 1. The van der Waals surface area contributed by atoms with Crippen molar-refractivity contribution in [2.45, 2.75) is 31.6 Å². The van der Waals surface area contributed by atoms with Gasteiger partial charge in [0.05, 0.1) is 47.3 Å². The number of aromatic amines is 1. The first-order valence-corrected chi connectivity index (χ1v) is 13.6. The van der Waals surface area contributed by atoms with Gasteiger partial charge < -0.3 is 19.9 Å². The number of ether oxygens (including phenoxy) is 1. The third-order valence-electron chi connectivity index (χ3n) is 8.27. The predicted molar refractivity (Wildman–Crippen MR) is 141 cm³/mol. The number of nitrogens with zero attached hydrogens (tertiary/aromatic N) is 4. The van der Waals surface area contributed by atoms with E-state index in [2.05, 4.69) is 32.9 Å². The van der Waals surface area contributed by atoms with E-state index in [0.717, 1.165) is 50.0 Å².